The lowest BCUT2D eigenvalue weighted by atomic mass is 9.89. The molecule has 1 aromatic rings. The van der Waals surface area contributed by atoms with E-state index in [0.29, 0.717) is 6.54 Å². The van der Waals surface area contributed by atoms with Crippen molar-refractivity contribution in [2.24, 2.45) is 11.8 Å². The molecule has 0 spiro atoms. The molecule has 0 bridgehead atoms. The quantitative estimate of drug-likeness (QED) is 0.867. The number of carbonyl (C=O) groups is 1. The third kappa shape index (κ3) is 3.33. The molecule has 1 heterocycles. The number of benzene rings is 1. The van der Waals surface area contributed by atoms with Gasteiger partial charge in [0.15, 0.2) is 0 Å². The highest BCUT2D eigenvalue weighted by Crippen LogP contribution is 2.32. The van der Waals surface area contributed by atoms with Crippen LogP contribution in [-0.2, 0) is 9.53 Å². The molecule has 2 rings (SSSR count). The zero-order valence-electron chi connectivity index (χ0n) is 12.2. The van der Waals surface area contributed by atoms with Crippen molar-refractivity contribution in [1.82, 2.24) is 5.32 Å². The van der Waals surface area contributed by atoms with E-state index >= 15 is 0 Å². The van der Waals surface area contributed by atoms with Crippen molar-refractivity contribution in [1.29, 1.82) is 0 Å². The molecule has 0 aliphatic carbocycles. The molecular weight excluding hydrogens is 274 g/mol. The standard InChI is InChI=1S/C16H22ClNO2/c1-10-11(2)20-12(3)15(10)16(19)18-9-14(17)13-7-5-4-6-8-13/h4-8,10-12,14-15H,9H2,1-3H3,(H,18,19). The van der Waals surface area contributed by atoms with Crippen LogP contribution in [0.3, 0.4) is 0 Å². The zero-order valence-corrected chi connectivity index (χ0v) is 12.9. The number of carbonyl (C=O) groups excluding carboxylic acids is 1. The van der Waals surface area contributed by atoms with Gasteiger partial charge in [-0.1, -0.05) is 37.3 Å². The van der Waals surface area contributed by atoms with E-state index in [0.717, 1.165) is 5.56 Å². The average Bonchev–Trinajstić information content (AvgIpc) is 2.70. The molecule has 1 aromatic carbocycles. The molecule has 1 fully saturated rings. The second-order valence-corrected chi connectivity index (χ2v) is 6.08. The van der Waals surface area contributed by atoms with E-state index in [1.54, 1.807) is 0 Å². The summed E-state index contributed by atoms with van der Waals surface area (Å²) in [5, 5.41) is 2.75. The lowest BCUT2D eigenvalue weighted by molar-refractivity contribution is -0.127. The van der Waals surface area contributed by atoms with Gasteiger partial charge >= 0.3 is 0 Å². The third-order valence-corrected chi connectivity index (χ3v) is 4.57. The Hall–Kier alpha value is -1.06. The second-order valence-electron chi connectivity index (χ2n) is 5.55. The van der Waals surface area contributed by atoms with Gasteiger partial charge in [0.05, 0.1) is 23.5 Å². The molecule has 1 aliphatic heterocycles. The van der Waals surface area contributed by atoms with E-state index < -0.39 is 0 Å². The first-order chi connectivity index (χ1) is 9.50. The molecule has 0 saturated carbocycles. The van der Waals surface area contributed by atoms with Gasteiger partial charge < -0.3 is 10.1 Å². The maximum absolute atomic E-state index is 12.3. The van der Waals surface area contributed by atoms with E-state index in [4.69, 9.17) is 16.3 Å². The summed E-state index contributed by atoms with van der Waals surface area (Å²) < 4.78 is 5.70. The van der Waals surface area contributed by atoms with Crippen molar-refractivity contribution < 1.29 is 9.53 Å². The van der Waals surface area contributed by atoms with Crippen LogP contribution in [0, 0.1) is 11.8 Å². The van der Waals surface area contributed by atoms with E-state index in [1.165, 1.54) is 0 Å². The van der Waals surface area contributed by atoms with Gasteiger partial charge in [-0.15, -0.1) is 11.6 Å². The molecule has 20 heavy (non-hydrogen) atoms. The average molecular weight is 296 g/mol. The van der Waals surface area contributed by atoms with Crippen LogP contribution in [0.25, 0.3) is 0 Å². The topological polar surface area (TPSA) is 38.3 Å². The van der Waals surface area contributed by atoms with Crippen LogP contribution in [0.2, 0.25) is 0 Å². The summed E-state index contributed by atoms with van der Waals surface area (Å²) in [6.07, 6.45) is 0.0900. The minimum absolute atomic E-state index is 0.0366. The molecule has 110 valence electrons. The highest BCUT2D eigenvalue weighted by Gasteiger charge is 2.41. The zero-order chi connectivity index (χ0) is 14.7. The van der Waals surface area contributed by atoms with Gasteiger partial charge in [-0.05, 0) is 25.3 Å². The van der Waals surface area contributed by atoms with Gasteiger partial charge in [-0.25, -0.2) is 0 Å². The number of hydrogen-bond acceptors (Lipinski definition) is 2. The predicted octanol–water partition coefficient (Wildman–Crippen LogP) is 3.14. The van der Waals surface area contributed by atoms with Crippen molar-refractivity contribution >= 4 is 17.5 Å². The molecule has 1 saturated heterocycles. The smallest absolute Gasteiger partial charge is 0.226 e. The number of amides is 1. The number of ether oxygens (including phenoxy) is 1. The maximum atomic E-state index is 12.3. The monoisotopic (exact) mass is 295 g/mol. The van der Waals surface area contributed by atoms with Crippen LogP contribution >= 0.6 is 11.6 Å². The maximum Gasteiger partial charge on any atom is 0.226 e. The fraction of sp³-hybridized carbons (Fsp3) is 0.562. The van der Waals surface area contributed by atoms with Crippen LogP contribution in [0.4, 0.5) is 0 Å². The third-order valence-electron chi connectivity index (χ3n) is 4.16. The second kappa shape index (κ2) is 6.59. The van der Waals surface area contributed by atoms with Gasteiger partial charge in [-0.3, -0.25) is 4.79 Å². The molecule has 1 N–H and O–H groups in total. The van der Waals surface area contributed by atoms with Crippen LogP contribution in [0.15, 0.2) is 30.3 Å². The van der Waals surface area contributed by atoms with E-state index in [9.17, 15) is 4.79 Å². The fourth-order valence-electron chi connectivity index (χ4n) is 2.81. The number of rotatable bonds is 4. The minimum atomic E-state index is -0.203. The first kappa shape index (κ1) is 15.3. The van der Waals surface area contributed by atoms with Crippen molar-refractivity contribution in [3.8, 4) is 0 Å². The van der Waals surface area contributed by atoms with Crippen molar-refractivity contribution in [2.45, 2.75) is 38.4 Å². The summed E-state index contributed by atoms with van der Waals surface area (Å²) >= 11 is 6.31. The Balaban J connectivity index is 1.89. The Morgan fingerprint density at radius 3 is 2.45 bits per heavy atom. The summed E-state index contributed by atoms with van der Waals surface area (Å²) in [7, 11) is 0. The van der Waals surface area contributed by atoms with Crippen LogP contribution < -0.4 is 5.32 Å². The summed E-state index contributed by atoms with van der Waals surface area (Å²) in [4.78, 5) is 12.3. The number of halogens is 1. The lowest BCUT2D eigenvalue weighted by Gasteiger charge is -2.19. The number of alkyl halides is 1. The van der Waals surface area contributed by atoms with Crippen LogP contribution in [0.5, 0.6) is 0 Å². The predicted molar refractivity (Wildman–Crippen MR) is 80.7 cm³/mol. The molecular formula is C16H22ClNO2. The first-order valence-electron chi connectivity index (χ1n) is 7.13. The Labute approximate surface area is 125 Å². The molecule has 5 unspecified atom stereocenters. The van der Waals surface area contributed by atoms with Gasteiger partial charge in [-0.2, -0.15) is 0 Å². The summed E-state index contributed by atoms with van der Waals surface area (Å²) in [5.41, 5.74) is 1.02. The molecule has 0 aromatic heterocycles. The normalized spacial score (nSPS) is 31.0. The van der Waals surface area contributed by atoms with Crippen LogP contribution in [0.1, 0.15) is 31.7 Å². The molecule has 1 amide bonds. The van der Waals surface area contributed by atoms with Crippen molar-refractivity contribution in [3.05, 3.63) is 35.9 Å². The highest BCUT2D eigenvalue weighted by molar-refractivity contribution is 6.21. The van der Waals surface area contributed by atoms with E-state index in [-0.39, 0.29) is 35.3 Å². The first-order valence-corrected chi connectivity index (χ1v) is 7.56. The van der Waals surface area contributed by atoms with Crippen LogP contribution in [-0.4, -0.2) is 24.7 Å². The molecule has 5 atom stereocenters. The van der Waals surface area contributed by atoms with Gasteiger partial charge in [0, 0.05) is 6.54 Å². The number of hydrogen-bond donors (Lipinski definition) is 1. The van der Waals surface area contributed by atoms with Crippen molar-refractivity contribution in [2.75, 3.05) is 6.54 Å². The molecule has 0 radical (unpaired) electrons. The minimum Gasteiger partial charge on any atom is -0.374 e. The summed E-state index contributed by atoms with van der Waals surface area (Å²) in [6.45, 7) is 6.48. The number of nitrogens with one attached hydrogen (secondary N) is 1. The van der Waals surface area contributed by atoms with E-state index in [2.05, 4.69) is 12.2 Å². The highest BCUT2D eigenvalue weighted by atomic mass is 35.5. The van der Waals surface area contributed by atoms with Crippen molar-refractivity contribution in [3.63, 3.8) is 0 Å². The SMILES string of the molecule is CC1OC(C)C(C(=O)NCC(Cl)c2ccccc2)C1C. The van der Waals surface area contributed by atoms with Gasteiger partial charge in [0.1, 0.15) is 0 Å². The Kier molecular flexibility index (Phi) is 5.06. The van der Waals surface area contributed by atoms with E-state index in [1.807, 2.05) is 44.2 Å². The van der Waals surface area contributed by atoms with Gasteiger partial charge in [0.25, 0.3) is 0 Å². The molecule has 3 nitrogen and oxygen atoms in total. The fourth-order valence-corrected chi connectivity index (χ4v) is 3.03. The Bertz CT molecular complexity index is 451. The summed E-state index contributed by atoms with van der Waals surface area (Å²) in [6, 6.07) is 9.78. The summed E-state index contributed by atoms with van der Waals surface area (Å²) in [5.74, 6) is 0.177. The lowest BCUT2D eigenvalue weighted by Crippen LogP contribution is -2.38. The van der Waals surface area contributed by atoms with Gasteiger partial charge in [0.2, 0.25) is 5.91 Å². The Morgan fingerprint density at radius 1 is 1.25 bits per heavy atom. The molecule has 4 heteroatoms. The molecule has 1 aliphatic rings. The Morgan fingerprint density at radius 2 is 1.90 bits per heavy atom. The largest absolute Gasteiger partial charge is 0.374 e.